The molecule has 0 amide bonds. The summed E-state index contributed by atoms with van der Waals surface area (Å²) in [6.07, 6.45) is 0.806. The molecule has 0 saturated heterocycles. The Morgan fingerprint density at radius 3 is 2.43 bits per heavy atom. The van der Waals surface area contributed by atoms with Crippen LogP contribution < -0.4 is 10.4 Å². The van der Waals surface area contributed by atoms with Crippen molar-refractivity contribution < 1.29 is 4.74 Å². The first kappa shape index (κ1) is 19.6. The largest absolute Gasteiger partial charge is 0.473 e. The number of ether oxygens (including phenoxy) is 1. The van der Waals surface area contributed by atoms with E-state index in [2.05, 4.69) is 34.5 Å². The van der Waals surface area contributed by atoms with Gasteiger partial charge in [0.15, 0.2) is 0 Å². The second-order valence-corrected chi connectivity index (χ2v) is 7.00. The summed E-state index contributed by atoms with van der Waals surface area (Å²) in [5.74, 6) is 0.538. The zero-order valence-corrected chi connectivity index (χ0v) is 17.2. The van der Waals surface area contributed by atoms with Crippen molar-refractivity contribution in [3.63, 3.8) is 0 Å². The molecule has 0 aliphatic rings. The van der Waals surface area contributed by atoms with Crippen molar-refractivity contribution >= 4 is 0 Å². The summed E-state index contributed by atoms with van der Waals surface area (Å²) in [5.41, 5.74) is 5.44. The van der Waals surface area contributed by atoms with Crippen LogP contribution in [0.4, 0.5) is 0 Å². The van der Waals surface area contributed by atoms with Crippen molar-refractivity contribution in [1.29, 1.82) is 0 Å². The number of pyridine rings is 1. The number of tetrazole rings is 1. The van der Waals surface area contributed by atoms with Gasteiger partial charge in [0.1, 0.15) is 6.61 Å². The first-order chi connectivity index (χ1) is 14.6. The lowest BCUT2D eigenvalue weighted by Gasteiger charge is -2.14. The summed E-state index contributed by atoms with van der Waals surface area (Å²) >= 11 is 0. The highest BCUT2D eigenvalue weighted by molar-refractivity contribution is 5.65. The van der Waals surface area contributed by atoms with Crippen molar-refractivity contribution in [2.75, 3.05) is 0 Å². The number of benzene rings is 2. The molecule has 0 atom stereocenters. The molecule has 30 heavy (non-hydrogen) atoms. The Morgan fingerprint density at radius 1 is 0.967 bits per heavy atom. The van der Waals surface area contributed by atoms with Gasteiger partial charge in [-0.25, -0.2) is 9.78 Å². The summed E-state index contributed by atoms with van der Waals surface area (Å²) in [6, 6.07) is 19.8. The highest BCUT2D eigenvalue weighted by Gasteiger charge is 2.15. The number of hydrogen-bond acceptors (Lipinski definition) is 5. The molecule has 152 valence electrons. The Labute approximate surface area is 174 Å². The van der Waals surface area contributed by atoms with Crippen molar-refractivity contribution in [2.24, 2.45) is 7.05 Å². The quantitative estimate of drug-likeness (QED) is 0.494. The van der Waals surface area contributed by atoms with E-state index in [4.69, 9.17) is 4.74 Å². The summed E-state index contributed by atoms with van der Waals surface area (Å²) in [6.45, 7) is 4.32. The van der Waals surface area contributed by atoms with Crippen LogP contribution in [0.1, 0.15) is 23.7 Å². The van der Waals surface area contributed by atoms with Crippen LogP contribution in [-0.2, 0) is 20.1 Å². The lowest BCUT2D eigenvalue weighted by Crippen LogP contribution is -2.23. The zero-order valence-electron chi connectivity index (χ0n) is 17.2. The van der Waals surface area contributed by atoms with Gasteiger partial charge in [-0.1, -0.05) is 49.4 Å². The maximum absolute atomic E-state index is 12.4. The third kappa shape index (κ3) is 3.74. The molecular weight excluding hydrogens is 378 g/mol. The highest BCUT2D eigenvalue weighted by Crippen LogP contribution is 2.25. The molecule has 0 bridgehead atoms. The third-order valence-electron chi connectivity index (χ3n) is 5.09. The predicted molar refractivity (Wildman–Crippen MR) is 115 cm³/mol. The Hall–Kier alpha value is -3.74. The van der Waals surface area contributed by atoms with Crippen LogP contribution in [0.5, 0.6) is 5.88 Å². The summed E-state index contributed by atoms with van der Waals surface area (Å²) in [7, 11) is 1.58. The molecule has 7 nitrogen and oxygen atoms in total. The van der Waals surface area contributed by atoms with Gasteiger partial charge in [-0.05, 0) is 47.0 Å². The maximum atomic E-state index is 12.4. The smallest absolute Gasteiger partial charge is 0.368 e. The molecule has 2 aromatic heterocycles. The van der Waals surface area contributed by atoms with E-state index >= 15 is 0 Å². The van der Waals surface area contributed by atoms with Gasteiger partial charge < -0.3 is 4.74 Å². The normalized spacial score (nSPS) is 10.9. The fourth-order valence-corrected chi connectivity index (χ4v) is 3.47. The lowest BCUT2D eigenvalue weighted by atomic mass is 10.0. The van der Waals surface area contributed by atoms with Gasteiger partial charge in [0, 0.05) is 29.9 Å². The van der Waals surface area contributed by atoms with E-state index in [0.29, 0.717) is 11.6 Å². The molecule has 7 heteroatoms. The van der Waals surface area contributed by atoms with Gasteiger partial charge >= 0.3 is 5.69 Å². The van der Waals surface area contributed by atoms with E-state index in [-0.39, 0.29) is 12.3 Å². The van der Waals surface area contributed by atoms with Crippen LogP contribution in [0.2, 0.25) is 0 Å². The molecule has 2 heterocycles. The van der Waals surface area contributed by atoms with Crippen molar-refractivity contribution in [3.05, 3.63) is 88.0 Å². The maximum Gasteiger partial charge on any atom is 0.368 e. The van der Waals surface area contributed by atoms with E-state index in [1.165, 1.54) is 9.36 Å². The average Bonchev–Trinajstić information content (AvgIpc) is 3.11. The van der Waals surface area contributed by atoms with E-state index < -0.39 is 0 Å². The van der Waals surface area contributed by atoms with Crippen LogP contribution in [0, 0.1) is 6.92 Å². The molecule has 0 aliphatic carbocycles. The number of aryl methyl sites for hydroxylation is 3. The number of aromatic nitrogens is 5. The SMILES string of the molecule is CCc1cccc(-n2nnn(C)c2=O)c1COc1ccc(-c2ccccc2)c(C)n1. The molecule has 4 aromatic rings. The van der Waals surface area contributed by atoms with Gasteiger partial charge in [0.05, 0.1) is 5.69 Å². The molecule has 0 aliphatic heterocycles. The van der Waals surface area contributed by atoms with Gasteiger partial charge in [-0.2, -0.15) is 9.36 Å². The van der Waals surface area contributed by atoms with Gasteiger partial charge in [-0.3, -0.25) is 0 Å². The molecule has 0 radical (unpaired) electrons. The summed E-state index contributed by atoms with van der Waals surface area (Å²) < 4.78 is 8.54. The van der Waals surface area contributed by atoms with E-state index in [0.717, 1.165) is 34.4 Å². The molecule has 4 rings (SSSR count). The Balaban J connectivity index is 1.63. The van der Waals surface area contributed by atoms with E-state index in [1.54, 1.807) is 7.05 Å². The Bertz CT molecular complexity index is 1230. The molecule has 0 spiro atoms. The number of hydrogen-bond donors (Lipinski definition) is 0. The second kappa shape index (κ2) is 8.32. The minimum Gasteiger partial charge on any atom is -0.473 e. The monoisotopic (exact) mass is 401 g/mol. The highest BCUT2D eigenvalue weighted by atomic mass is 16.5. The number of nitrogens with zero attached hydrogens (tertiary/aromatic N) is 5. The minimum absolute atomic E-state index is 0.277. The second-order valence-electron chi connectivity index (χ2n) is 7.00. The first-order valence-electron chi connectivity index (χ1n) is 9.84. The van der Waals surface area contributed by atoms with Crippen LogP contribution >= 0.6 is 0 Å². The van der Waals surface area contributed by atoms with Crippen molar-refractivity contribution in [1.82, 2.24) is 24.8 Å². The molecule has 0 fully saturated rings. The average molecular weight is 401 g/mol. The van der Waals surface area contributed by atoms with Crippen molar-refractivity contribution in [3.8, 4) is 22.7 Å². The topological polar surface area (TPSA) is 74.8 Å². The molecule has 0 N–H and O–H groups in total. The standard InChI is InChI=1S/C23H23N5O2/c1-4-17-11-8-12-21(28-23(29)27(3)25-26-28)20(17)15-30-22-14-13-19(16(2)24-22)18-9-6-5-7-10-18/h5-14H,4,15H2,1-3H3. The van der Waals surface area contributed by atoms with Gasteiger partial charge in [-0.15, -0.1) is 0 Å². The Morgan fingerprint density at radius 2 is 1.77 bits per heavy atom. The van der Waals surface area contributed by atoms with E-state index in [9.17, 15) is 4.79 Å². The molecule has 0 saturated carbocycles. The Kier molecular flexibility index (Phi) is 5.43. The third-order valence-corrected chi connectivity index (χ3v) is 5.09. The van der Waals surface area contributed by atoms with E-state index in [1.807, 2.05) is 55.5 Å². The summed E-state index contributed by atoms with van der Waals surface area (Å²) in [5, 5.41) is 7.80. The summed E-state index contributed by atoms with van der Waals surface area (Å²) in [4.78, 5) is 17.0. The van der Waals surface area contributed by atoms with Crippen molar-refractivity contribution in [2.45, 2.75) is 26.9 Å². The van der Waals surface area contributed by atoms with Gasteiger partial charge in [0.25, 0.3) is 0 Å². The molecular formula is C23H23N5O2. The van der Waals surface area contributed by atoms with Crippen LogP contribution in [-0.4, -0.2) is 24.8 Å². The van der Waals surface area contributed by atoms with Crippen LogP contribution in [0.3, 0.4) is 0 Å². The zero-order chi connectivity index (χ0) is 21.1. The predicted octanol–water partition coefficient (Wildman–Crippen LogP) is 3.48. The first-order valence-corrected chi connectivity index (χ1v) is 9.84. The molecule has 2 aromatic carbocycles. The van der Waals surface area contributed by atoms with Crippen LogP contribution in [0.25, 0.3) is 16.8 Å². The van der Waals surface area contributed by atoms with Gasteiger partial charge in [0.2, 0.25) is 5.88 Å². The fraction of sp³-hybridized carbons (Fsp3) is 0.217. The molecule has 0 unspecified atom stereocenters. The minimum atomic E-state index is -0.300. The fourth-order valence-electron chi connectivity index (χ4n) is 3.47. The lowest BCUT2D eigenvalue weighted by molar-refractivity contribution is 0.291. The number of rotatable bonds is 6. The van der Waals surface area contributed by atoms with Crippen LogP contribution in [0.15, 0.2) is 65.5 Å².